The molecule has 24 heavy (non-hydrogen) atoms. The van der Waals surface area contributed by atoms with Crippen molar-refractivity contribution in [2.75, 3.05) is 23.3 Å². The van der Waals surface area contributed by atoms with E-state index in [4.69, 9.17) is 28.9 Å². The van der Waals surface area contributed by atoms with E-state index in [-0.39, 0.29) is 18.1 Å². The predicted octanol–water partition coefficient (Wildman–Crippen LogP) is 2.35. The summed E-state index contributed by atoms with van der Waals surface area (Å²) in [5.41, 5.74) is 5.57. The topological polar surface area (TPSA) is 101 Å². The first-order chi connectivity index (χ1) is 11.4. The van der Waals surface area contributed by atoms with E-state index in [0.29, 0.717) is 28.1 Å². The van der Waals surface area contributed by atoms with Crippen molar-refractivity contribution in [1.29, 1.82) is 0 Å². The number of aromatic nitrogens is 2. The smallest absolute Gasteiger partial charge is 0.268 e. The Bertz CT molecular complexity index is 749. The highest BCUT2D eigenvalue weighted by atomic mass is 35.5. The molecule has 2 amide bonds. The Morgan fingerprint density at radius 1 is 1.25 bits per heavy atom. The molecule has 1 heterocycles. The molecule has 7 nitrogen and oxygen atoms in total. The van der Waals surface area contributed by atoms with Crippen LogP contribution in [0.3, 0.4) is 0 Å². The molecule has 2 aromatic rings. The monoisotopic (exact) mass is 367 g/mol. The van der Waals surface area contributed by atoms with E-state index in [9.17, 15) is 9.59 Å². The van der Waals surface area contributed by atoms with Crippen LogP contribution in [0.4, 0.5) is 11.5 Å². The normalized spacial score (nSPS) is 10.3. The third kappa shape index (κ3) is 4.33. The van der Waals surface area contributed by atoms with Crippen molar-refractivity contribution in [1.82, 2.24) is 9.97 Å². The highest BCUT2D eigenvalue weighted by molar-refractivity contribution is 6.39. The maximum atomic E-state index is 12.3. The standard InChI is InChI=1S/C15H15Cl2N5O2/c1-2-22(12-7-19-6-11(20-12)15(18)24)8-13(23)21-14-9(16)4-3-5-10(14)17/h3-7H,2,8H2,1H3,(H2,18,24)(H,21,23). The molecule has 0 bridgehead atoms. The number of amides is 2. The molecule has 126 valence electrons. The Balaban J connectivity index is 2.14. The van der Waals surface area contributed by atoms with Gasteiger partial charge < -0.3 is 16.0 Å². The fraction of sp³-hybridized carbons (Fsp3) is 0.200. The zero-order valence-corrected chi connectivity index (χ0v) is 14.3. The van der Waals surface area contributed by atoms with Crippen LogP contribution in [-0.2, 0) is 4.79 Å². The second kappa shape index (κ2) is 7.94. The van der Waals surface area contributed by atoms with Crippen LogP contribution < -0.4 is 16.0 Å². The molecular formula is C15H15Cl2N5O2. The number of carbonyl (C=O) groups is 2. The van der Waals surface area contributed by atoms with E-state index in [0.717, 1.165) is 0 Å². The Labute approximate surface area is 148 Å². The number of likely N-dealkylation sites (N-methyl/N-ethyl adjacent to an activating group) is 1. The van der Waals surface area contributed by atoms with Crippen molar-refractivity contribution >= 4 is 46.5 Å². The lowest BCUT2D eigenvalue weighted by molar-refractivity contribution is -0.115. The van der Waals surface area contributed by atoms with Crippen LogP contribution >= 0.6 is 23.2 Å². The van der Waals surface area contributed by atoms with Crippen molar-refractivity contribution < 1.29 is 9.59 Å². The number of hydrogen-bond donors (Lipinski definition) is 2. The van der Waals surface area contributed by atoms with Crippen LogP contribution in [0.2, 0.25) is 10.0 Å². The van der Waals surface area contributed by atoms with Gasteiger partial charge in [0.15, 0.2) is 0 Å². The van der Waals surface area contributed by atoms with Gasteiger partial charge in [0.2, 0.25) is 5.91 Å². The Morgan fingerprint density at radius 3 is 2.50 bits per heavy atom. The number of halogens is 2. The lowest BCUT2D eigenvalue weighted by Gasteiger charge is -2.21. The summed E-state index contributed by atoms with van der Waals surface area (Å²) in [6.45, 7) is 2.30. The molecule has 2 rings (SSSR count). The van der Waals surface area contributed by atoms with Gasteiger partial charge in [0.1, 0.15) is 11.5 Å². The summed E-state index contributed by atoms with van der Waals surface area (Å²) in [7, 11) is 0. The van der Waals surface area contributed by atoms with Crippen molar-refractivity contribution in [2.24, 2.45) is 5.73 Å². The average Bonchev–Trinajstić information content (AvgIpc) is 2.56. The van der Waals surface area contributed by atoms with Gasteiger partial charge >= 0.3 is 0 Å². The van der Waals surface area contributed by atoms with E-state index in [2.05, 4.69) is 15.3 Å². The van der Waals surface area contributed by atoms with Crippen LogP contribution in [0, 0.1) is 0 Å². The van der Waals surface area contributed by atoms with E-state index in [1.165, 1.54) is 12.4 Å². The number of nitrogens with zero attached hydrogens (tertiary/aromatic N) is 3. The van der Waals surface area contributed by atoms with Gasteiger partial charge in [-0.3, -0.25) is 14.6 Å². The second-order valence-electron chi connectivity index (χ2n) is 4.79. The number of nitrogens with one attached hydrogen (secondary N) is 1. The van der Waals surface area contributed by atoms with Gasteiger partial charge in [-0.05, 0) is 19.1 Å². The molecule has 0 unspecified atom stereocenters. The Morgan fingerprint density at radius 2 is 1.92 bits per heavy atom. The van der Waals surface area contributed by atoms with Gasteiger partial charge in [0.05, 0.1) is 34.7 Å². The molecular weight excluding hydrogens is 353 g/mol. The first-order valence-electron chi connectivity index (χ1n) is 7.03. The van der Waals surface area contributed by atoms with E-state index >= 15 is 0 Å². The van der Waals surface area contributed by atoms with Gasteiger partial charge in [-0.25, -0.2) is 4.98 Å². The summed E-state index contributed by atoms with van der Waals surface area (Å²) in [5, 5.41) is 3.35. The summed E-state index contributed by atoms with van der Waals surface area (Å²) >= 11 is 12.1. The zero-order chi connectivity index (χ0) is 17.7. The first-order valence-corrected chi connectivity index (χ1v) is 7.78. The van der Waals surface area contributed by atoms with Crippen molar-refractivity contribution in [3.63, 3.8) is 0 Å². The Hall–Kier alpha value is -2.38. The third-order valence-corrected chi connectivity index (χ3v) is 3.77. The van der Waals surface area contributed by atoms with E-state index in [1.54, 1.807) is 23.1 Å². The molecule has 0 spiro atoms. The summed E-state index contributed by atoms with van der Waals surface area (Å²) < 4.78 is 0. The molecule has 0 aliphatic rings. The molecule has 0 saturated carbocycles. The summed E-state index contributed by atoms with van der Waals surface area (Å²) in [4.78, 5) is 33.1. The number of anilines is 2. The van der Waals surface area contributed by atoms with Crippen LogP contribution in [-0.4, -0.2) is 34.9 Å². The lowest BCUT2D eigenvalue weighted by atomic mass is 10.3. The summed E-state index contributed by atoms with van der Waals surface area (Å²) in [6.07, 6.45) is 2.72. The predicted molar refractivity (Wildman–Crippen MR) is 93.5 cm³/mol. The molecule has 0 saturated heterocycles. The van der Waals surface area contributed by atoms with Gasteiger partial charge in [0.25, 0.3) is 5.91 Å². The quantitative estimate of drug-likeness (QED) is 0.815. The van der Waals surface area contributed by atoms with Gasteiger partial charge in [0, 0.05) is 6.54 Å². The molecule has 0 aliphatic carbocycles. The molecule has 0 fully saturated rings. The van der Waals surface area contributed by atoms with E-state index < -0.39 is 5.91 Å². The molecule has 9 heteroatoms. The number of primary amides is 1. The number of benzene rings is 1. The second-order valence-corrected chi connectivity index (χ2v) is 5.60. The minimum atomic E-state index is -0.687. The molecule has 0 atom stereocenters. The van der Waals surface area contributed by atoms with Crippen LogP contribution in [0.1, 0.15) is 17.4 Å². The van der Waals surface area contributed by atoms with Crippen molar-refractivity contribution in [3.05, 3.63) is 46.3 Å². The number of rotatable bonds is 6. The minimum Gasteiger partial charge on any atom is -0.364 e. The molecule has 1 aromatic carbocycles. The van der Waals surface area contributed by atoms with Crippen LogP contribution in [0.5, 0.6) is 0 Å². The third-order valence-electron chi connectivity index (χ3n) is 3.14. The first kappa shape index (κ1) is 18.0. The van der Waals surface area contributed by atoms with Crippen molar-refractivity contribution in [2.45, 2.75) is 6.92 Å². The number of para-hydroxylation sites is 1. The highest BCUT2D eigenvalue weighted by Crippen LogP contribution is 2.29. The minimum absolute atomic E-state index is 0.0189. The lowest BCUT2D eigenvalue weighted by Crippen LogP contribution is -2.34. The van der Waals surface area contributed by atoms with Crippen molar-refractivity contribution in [3.8, 4) is 0 Å². The summed E-state index contributed by atoms with van der Waals surface area (Å²) in [6, 6.07) is 4.94. The maximum absolute atomic E-state index is 12.3. The SMILES string of the molecule is CCN(CC(=O)Nc1c(Cl)cccc1Cl)c1cncc(C(N)=O)n1. The van der Waals surface area contributed by atoms with Gasteiger partial charge in [-0.15, -0.1) is 0 Å². The fourth-order valence-electron chi connectivity index (χ4n) is 1.95. The van der Waals surface area contributed by atoms with Gasteiger partial charge in [-0.1, -0.05) is 29.3 Å². The van der Waals surface area contributed by atoms with Crippen LogP contribution in [0.15, 0.2) is 30.6 Å². The Kier molecular flexibility index (Phi) is 5.94. The summed E-state index contributed by atoms with van der Waals surface area (Å²) in [5.74, 6) is -0.653. The van der Waals surface area contributed by atoms with Crippen LogP contribution in [0.25, 0.3) is 0 Å². The molecule has 0 aliphatic heterocycles. The molecule has 0 radical (unpaired) electrons. The fourth-order valence-corrected chi connectivity index (χ4v) is 2.44. The highest BCUT2D eigenvalue weighted by Gasteiger charge is 2.15. The van der Waals surface area contributed by atoms with Gasteiger partial charge in [-0.2, -0.15) is 0 Å². The largest absolute Gasteiger partial charge is 0.364 e. The molecule has 3 N–H and O–H groups in total. The average molecular weight is 368 g/mol. The number of nitrogens with two attached hydrogens (primary N) is 1. The zero-order valence-electron chi connectivity index (χ0n) is 12.8. The molecule has 1 aromatic heterocycles. The van der Waals surface area contributed by atoms with E-state index in [1.807, 2.05) is 6.92 Å². The number of hydrogen-bond acceptors (Lipinski definition) is 5. The number of carbonyl (C=O) groups excluding carboxylic acids is 2. The maximum Gasteiger partial charge on any atom is 0.268 e.